The molecule has 1 aliphatic rings. The minimum atomic E-state index is -3.22. The van der Waals surface area contributed by atoms with E-state index in [2.05, 4.69) is 17.0 Å². The standard InChI is InChI=1S/C16H26N2O2S/c1-12-4-6-14(7-5-12)11-17-15-8-9-16(13(2)10-15)18-21(3,19)20/h8-10,12,14,17-18H,4-7,11H2,1-3H3. The van der Waals surface area contributed by atoms with Crippen molar-refractivity contribution in [2.24, 2.45) is 11.8 Å². The van der Waals surface area contributed by atoms with Gasteiger partial charge in [0.05, 0.1) is 11.9 Å². The second-order valence-electron chi connectivity index (χ2n) is 6.41. The van der Waals surface area contributed by atoms with Crippen molar-refractivity contribution in [3.05, 3.63) is 23.8 Å². The molecule has 0 spiro atoms. The van der Waals surface area contributed by atoms with Crippen molar-refractivity contribution in [3.63, 3.8) is 0 Å². The first-order valence-corrected chi connectivity index (χ1v) is 9.55. The van der Waals surface area contributed by atoms with Crippen LogP contribution < -0.4 is 10.0 Å². The Morgan fingerprint density at radius 3 is 2.43 bits per heavy atom. The monoisotopic (exact) mass is 310 g/mol. The molecule has 2 N–H and O–H groups in total. The summed E-state index contributed by atoms with van der Waals surface area (Å²) in [5.74, 6) is 1.64. The number of benzene rings is 1. The SMILES string of the molecule is Cc1cc(NCC2CCC(C)CC2)ccc1NS(C)(=O)=O. The molecule has 0 radical (unpaired) electrons. The molecule has 1 aliphatic carbocycles. The Morgan fingerprint density at radius 1 is 1.19 bits per heavy atom. The van der Waals surface area contributed by atoms with Gasteiger partial charge in [-0.15, -0.1) is 0 Å². The third-order valence-corrected chi connectivity index (χ3v) is 4.84. The number of hydrogen-bond acceptors (Lipinski definition) is 3. The maximum Gasteiger partial charge on any atom is 0.229 e. The van der Waals surface area contributed by atoms with E-state index < -0.39 is 10.0 Å². The van der Waals surface area contributed by atoms with Crippen molar-refractivity contribution in [2.75, 3.05) is 22.8 Å². The van der Waals surface area contributed by atoms with E-state index in [0.29, 0.717) is 5.69 Å². The van der Waals surface area contributed by atoms with E-state index in [1.807, 2.05) is 25.1 Å². The first kappa shape index (κ1) is 16.1. The van der Waals surface area contributed by atoms with Gasteiger partial charge >= 0.3 is 0 Å². The average Bonchev–Trinajstić information content (AvgIpc) is 2.40. The largest absolute Gasteiger partial charge is 0.385 e. The average molecular weight is 310 g/mol. The Balaban J connectivity index is 1.91. The van der Waals surface area contributed by atoms with Crippen molar-refractivity contribution in [3.8, 4) is 0 Å². The lowest BCUT2D eigenvalue weighted by atomic mass is 9.83. The second kappa shape index (κ2) is 6.69. The van der Waals surface area contributed by atoms with E-state index >= 15 is 0 Å². The molecule has 1 aromatic rings. The van der Waals surface area contributed by atoms with Crippen LogP contribution >= 0.6 is 0 Å². The molecule has 0 atom stereocenters. The molecule has 2 rings (SSSR count). The summed E-state index contributed by atoms with van der Waals surface area (Å²) < 4.78 is 25.1. The molecule has 0 bridgehead atoms. The predicted molar refractivity (Wildman–Crippen MR) is 89.3 cm³/mol. The molecule has 5 heteroatoms. The van der Waals surface area contributed by atoms with Gasteiger partial charge in [0.15, 0.2) is 0 Å². The van der Waals surface area contributed by atoms with Gasteiger partial charge in [0.25, 0.3) is 0 Å². The summed E-state index contributed by atoms with van der Waals surface area (Å²) in [6.07, 6.45) is 6.45. The van der Waals surface area contributed by atoms with Crippen molar-refractivity contribution < 1.29 is 8.42 Å². The Hall–Kier alpha value is -1.23. The maximum absolute atomic E-state index is 11.3. The van der Waals surface area contributed by atoms with Gasteiger partial charge in [0, 0.05) is 12.2 Å². The topological polar surface area (TPSA) is 58.2 Å². The number of anilines is 2. The third-order valence-electron chi connectivity index (χ3n) is 4.25. The number of nitrogens with one attached hydrogen (secondary N) is 2. The quantitative estimate of drug-likeness (QED) is 0.873. The summed E-state index contributed by atoms with van der Waals surface area (Å²) in [6.45, 7) is 5.26. The fourth-order valence-corrected chi connectivity index (χ4v) is 3.51. The summed E-state index contributed by atoms with van der Waals surface area (Å²) in [4.78, 5) is 0. The van der Waals surface area contributed by atoms with Gasteiger partial charge in [-0.2, -0.15) is 0 Å². The van der Waals surface area contributed by atoms with Gasteiger partial charge in [0.2, 0.25) is 10.0 Å². The minimum absolute atomic E-state index is 0.648. The lowest BCUT2D eigenvalue weighted by molar-refractivity contribution is 0.300. The van der Waals surface area contributed by atoms with Gasteiger partial charge in [-0.1, -0.05) is 19.8 Å². The van der Waals surface area contributed by atoms with E-state index in [4.69, 9.17) is 0 Å². The van der Waals surface area contributed by atoms with E-state index in [1.165, 1.54) is 31.9 Å². The highest BCUT2D eigenvalue weighted by atomic mass is 32.2. The normalized spacial score (nSPS) is 22.8. The molecule has 4 nitrogen and oxygen atoms in total. The molecule has 0 heterocycles. The van der Waals surface area contributed by atoms with Crippen LogP contribution in [0.1, 0.15) is 38.2 Å². The van der Waals surface area contributed by atoms with E-state index in [9.17, 15) is 8.42 Å². The molecule has 1 fully saturated rings. The number of aryl methyl sites for hydroxylation is 1. The van der Waals surface area contributed by atoms with Crippen LogP contribution in [0, 0.1) is 18.8 Å². The minimum Gasteiger partial charge on any atom is -0.385 e. The van der Waals surface area contributed by atoms with Crippen LogP contribution in [0.2, 0.25) is 0 Å². The third kappa shape index (κ3) is 5.23. The molecule has 0 aliphatic heterocycles. The molecule has 118 valence electrons. The molecule has 0 amide bonds. The van der Waals surface area contributed by atoms with E-state index in [-0.39, 0.29) is 0 Å². The van der Waals surface area contributed by atoms with E-state index in [0.717, 1.165) is 29.6 Å². The number of rotatable bonds is 5. The van der Waals surface area contributed by atoms with Gasteiger partial charge in [-0.05, 0) is 55.4 Å². The summed E-state index contributed by atoms with van der Waals surface area (Å²) in [5, 5.41) is 3.48. The Morgan fingerprint density at radius 2 is 1.86 bits per heavy atom. The van der Waals surface area contributed by atoms with Crippen LogP contribution in [0.15, 0.2) is 18.2 Å². The van der Waals surface area contributed by atoms with Crippen LogP contribution in [0.25, 0.3) is 0 Å². The van der Waals surface area contributed by atoms with Crippen LogP contribution in [0.4, 0.5) is 11.4 Å². The molecule has 1 saturated carbocycles. The smallest absolute Gasteiger partial charge is 0.229 e. The van der Waals surface area contributed by atoms with Gasteiger partial charge in [-0.3, -0.25) is 4.72 Å². The van der Waals surface area contributed by atoms with Crippen molar-refractivity contribution >= 4 is 21.4 Å². The molecular weight excluding hydrogens is 284 g/mol. The Kier molecular flexibility index (Phi) is 5.14. The maximum atomic E-state index is 11.3. The second-order valence-corrected chi connectivity index (χ2v) is 8.16. The van der Waals surface area contributed by atoms with Crippen molar-refractivity contribution in [1.29, 1.82) is 0 Å². The first-order valence-electron chi connectivity index (χ1n) is 7.66. The predicted octanol–water partition coefficient (Wildman–Crippen LogP) is 3.60. The Labute approximate surface area is 128 Å². The van der Waals surface area contributed by atoms with Crippen LogP contribution in [-0.2, 0) is 10.0 Å². The van der Waals surface area contributed by atoms with Crippen LogP contribution in [0.3, 0.4) is 0 Å². The summed E-state index contributed by atoms with van der Waals surface area (Å²) in [6, 6.07) is 5.76. The highest BCUT2D eigenvalue weighted by Gasteiger charge is 2.17. The fourth-order valence-electron chi connectivity index (χ4n) is 2.88. The molecule has 21 heavy (non-hydrogen) atoms. The van der Waals surface area contributed by atoms with E-state index in [1.54, 1.807) is 0 Å². The summed E-state index contributed by atoms with van der Waals surface area (Å²) in [7, 11) is -3.22. The summed E-state index contributed by atoms with van der Waals surface area (Å²) in [5.41, 5.74) is 2.64. The number of hydrogen-bond donors (Lipinski definition) is 2. The lowest BCUT2D eigenvalue weighted by Crippen LogP contribution is -2.20. The van der Waals surface area contributed by atoms with Gasteiger partial charge < -0.3 is 5.32 Å². The van der Waals surface area contributed by atoms with Gasteiger partial charge in [0.1, 0.15) is 0 Å². The number of sulfonamides is 1. The molecule has 1 aromatic carbocycles. The zero-order chi connectivity index (χ0) is 15.5. The molecule has 0 saturated heterocycles. The van der Waals surface area contributed by atoms with Crippen LogP contribution in [0.5, 0.6) is 0 Å². The fraction of sp³-hybridized carbons (Fsp3) is 0.625. The molecule has 0 aromatic heterocycles. The van der Waals surface area contributed by atoms with Crippen molar-refractivity contribution in [2.45, 2.75) is 39.5 Å². The lowest BCUT2D eigenvalue weighted by Gasteiger charge is -2.26. The zero-order valence-electron chi connectivity index (χ0n) is 13.1. The Bertz CT molecular complexity index is 576. The zero-order valence-corrected chi connectivity index (χ0v) is 14.0. The molecule has 0 unspecified atom stereocenters. The van der Waals surface area contributed by atoms with Gasteiger partial charge in [-0.25, -0.2) is 8.42 Å². The first-order chi connectivity index (χ1) is 9.83. The summed E-state index contributed by atoms with van der Waals surface area (Å²) >= 11 is 0. The highest BCUT2D eigenvalue weighted by Crippen LogP contribution is 2.29. The molecular formula is C16H26N2O2S. The van der Waals surface area contributed by atoms with Crippen LogP contribution in [-0.4, -0.2) is 21.2 Å². The highest BCUT2D eigenvalue weighted by molar-refractivity contribution is 7.92. The van der Waals surface area contributed by atoms with Crippen molar-refractivity contribution in [1.82, 2.24) is 0 Å².